The molecular formula is C24H22N4OS. The van der Waals surface area contributed by atoms with Crippen molar-refractivity contribution in [2.45, 2.75) is 18.2 Å². The van der Waals surface area contributed by atoms with Crippen molar-refractivity contribution < 1.29 is 4.79 Å². The van der Waals surface area contributed by atoms with E-state index in [0.29, 0.717) is 24.1 Å². The van der Waals surface area contributed by atoms with Crippen LogP contribution >= 0.6 is 11.8 Å². The Hall–Kier alpha value is -3.38. The Morgan fingerprint density at radius 1 is 0.800 bits per heavy atom. The lowest BCUT2D eigenvalue weighted by molar-refractivity contribution is -0.129. The molecule has 0 spiro atoms. The lowest BCUT2D eigenvalue weighted by atomic mass is 10.1. The second kappa shape index (κ2) is 9.89. The number of hydrogen-bond donors (Lipinski definition) is 1. The molecule has 0 aliphatic rings. The van der Waals surface area contributed by atoms with Gasteiger partial charge in [0, 0.05) is 18.7 Å². The number of thioether (sulfide) groups is 1. The van der Waals surface area contributed by atoms with Gasteiger partial charge in [-0.15, -0.1) is 5.10 Å². The summed E-state index contributed by atoms with van der Waals surface area (Å²) >= 11 is 1.35. The zero-order chi connectivity index (χ0) is 20.6. The van der Waals surface area contributed by atoms with Gasteiger partial charge in [0.05, 0.1) is 5.75 Å². The fourth-order valence-electron chi connectivity index (χ4n) is 3.09. The Balaban J connectivity index is 1.43. The molecule has 5 nitrogen and oxygen atoms in total. The highest BCUT2D eigenvalue weighted by Gasteiger charge is 2.16. The number of nitrogens with one attached hydrogen (secondary N) is 1. The summed E-state index contributed by atoms with van der Waals surface area (Å²) in [6.45, 7) is 1.14. The van der Waals surface area contributed by atoms with E-state index in [2.05, 4.69) is 15.2 Å². The van der Waals surface area contributed by atoms with E-state index < -0.39 is 0 Å². The third-order valence-electron chi connectivity index (χ3n) is 4.62. The maximum atomic E-state index is 13.0. The number of benzene rings is 3. The predicted octanol–water partition coefficient (Wildman–Crippen LogP) is 4.79. The molecule has 4 rings (SSSR count). The zero-order valence-electron chi connectivity index (χ0n) is 16.4. The van der Waals surface area contributed by atoms with E-state index in [0.717, 1.165) is 16.7 Å². The van der Waals surface area contributed by atoms with Gasteiger partial charge in [-0.2, -0.15) is 0 Å². The number of hydrogen-bond acceptors (Lipinski definition) is 4. The number of carbonyl (C=O) groups excluding carboxylic acids is 1. The predicted molar refractivity (Wildman–Crippen MR) is 120 cm³/mol. The number of aromatic amines is 1. The highest BCUT2D eigenvalue weighted by atomic mass is 32.2. The molecule has 0 bridgehead atoms. The summed E-state index contributed by atoms with van der Waals surface area (Å²) in [5.74, 6) is 1.04. The SMILES string of the molecule is O=C(CSc1n[nH]c(-c2ccccc2)n1)N(Cc1ccccc1)Cc1ccccc1. The summed E-state index contributed by atoms with van der Waals surface area (Å²) in [6.07, 6.45) is 0. The monoisotopic (exact) mass is 414 g/mol. The Kier molecular flexibility index (Phi) is 6.57. The van der Waals surface area contributed by atoms with Crippen LogP contribution in [0, 0.1) is 0 Å². The molecule has 150 valence electrons. The van der Waals surface area contributed by atoms with E-state index in [4.69, 9.17) is 0 Å². The van der Waals surface area contributed by atoms with Crippen molar-refractivity contribution in [3.8, 4) is 11.4 Å². The van der Waals surface area contributed by atoms with Gasteiger partial charge in [-0.3, -0.25) is 9.89 Å². The van der Waals surface area contributed by atoms with Crippen LogP contribution in [0.4, 0.5) is 0 Å². The second-order valence-electron chi connectivity index (χ2n) is 6.84. The maximum absolute atomic E-state index is 13.0. The van der Waals surface area contributed by atoms with E-state index in [-0.39, 0.29) is 11.7 Å². The van der Waals surface area contributed by atoms with Crippen LogP contribution in [-0.4, -0.2) is 31.7 Å². The van der Waals surface area contributed by atoms with Crippen LogP contribution in [0.2, 0.25) is 0 Å². The minimum absolute atomic E-state index is 0.0544. The fourth-order valence-corrected chi connectivity index (χ4v) is 3.79. The lowest BCUT2D eigenvalue weighted by Gasteiger charge is -2.23. The van der Waals surface area contributed by atoms with E-state index in [1.807, 2.05) is 95.9 Å². The first-order valence-electron chi connectivity index (χ1n) is 9.74. The summed E-state index contributed by atoms with van der Waals surface area (Å²) in [5, 5.41) is 7.77. The number of aromatic nitrogens is 3. The molecule has 0 saturated heterocycles. The average Bonchev–Trinajstić information content (AvgIpc) is 3.28. The van der Waals surface area contributed by atoms with E-state index in [1.54, 1.807) is 0 Å². The van der Waals surface area contributed by atoms with Crippen LogP contribution in [0.1, 0.15) is 11.1 Å². The summed E-state index contributed by atoms with van der Waals surface area (Å²) in [4.78, 5) is 19.4. The van der Waals surface area contributed by atoms with Crippen molar-refractivity contribution in [1.82, 2.24) is 20.1 Å². The summed E-state index contributed by atoms with van der Waals surface area (Å²) < 4.78 is 0. The van der Waals surface area contributed by atoms with Crippen LogP contribution in [-0.2, 0) is 17.9 Å². The molecule has 0 aliphatic heterocycles. The smallest absolute Gasteiger partial charge is 0.233 e. The minimum atomic E-state index is 0.0544. The van der Waals surface area contributed by atoms with Crippen molar-refractivity contribution in [3.05, 3.63) is 102 Å². The van der Waals surface area contributed by atoms with Crippen molar-refractivity contribution in [1.29, 1.82) is 0 Å². The van der Waals surface area contributed by atoms with Gasteiger partial charge in [-0.25, -0.2) is 4.98 Å². The molecule has 1 aromatic heterocycles. The first-order chi connectivity index (χ1) is 14.8. The molecule has 0 aliphatic carbocycles. The number of rotatable bonds is 8. The number of amides is 1. The maximum Gasteiger partial charge on any atom is 0.233 e. The molecule has 0 radical (unpaired) electrons. The molecular weight excluding hydrogens is 392 g/mol. The molecule has 1 N–H and O–H groups in total. The molecule has 0 unspecified atom stereocenters. The highest BCUT2D eigenvalue weighted by Crippen LogP contribution is 2.20. The molecule has 4 aromatic rings. The highest BCUT2D eigenvalue weighted by molar-refractivity contribution is 7.99. The largest absolute Gasteiger partial charge is 0.333 e. The molecule has 3 aromatic carbocycles. The molecule has 1 amide bonds. The Morgan fingerprint density at radius 2 is 1.33 bits per heavy atom. The first kappa shape index (κ1) is 19.9. The second-order valence-corrected chi connectivity index (χ2v) is 7.78. The van der Waals surface area contributed by atoms with Gasteiger partial charge in [0.2, 0.25) is 11.1 Å². The van der Waals surface area contributed by atoms with Gasteiger partial charge < -0.3 is 4.90 Å². The Morgan fingerprint density at radius 3 is 1.90 bits per heavy atom. The number of H-pyrrole nitrogens is 1. The lowest BCUT2D eigenvalue weighted by Crippen LogP contribution is -2.31. The van der Waals surface area contributed by atoms with Crippen molar-refractivity contribution in [2.24, 2.45) is 0 Å². The molecule has 0 atom stereocenters. The zero-order valence-corrected chi connectivity index (χ0v) is 17.3. The molecule has 30 heavy (non-hydrogen) atoms. The van der Waals surface area contributed by atoms with Crippen LogP contribution in [0.25, 0.3) is 11.4 Å². The van der Waals surface area contributed by atoms with Crippen molar-refractivity contribution >= 4 is 17.7 Å². The van der Waals surface area contributed by atoms with Gasteiger partial charge >= 0.3 is 0 Å². The van der Waals surface area contributed by atoms with Gasteiger partial charge in [-0.05, 0) is 11.1 Å². The standard InChI is InChI=1S/C24H22N4OS/c29-22(18-30-24-25-23(26-27-24)21-14-8-3-9-15-21)28(16-19-10-4-1-5-11-19)17-20-12-6-2-7-13-20/h1-15H,16-18H2,(H,25,26,27). The van der Waals surface area contributed by atoms with E-state index in [1.165, 1.54) is 11.8 Å². The quantitative estimate of drug-likeness (QED) is 0.421. The van der Waals surface area contributed by atoms with Crippen molar-refractivity contribution in [2.75, 3.05) is 5.75 Å². The normalized spacial score (nSPS) is 10.7. The molecule has 1 heterocycles. The Labute approximate surface area is 180 Å². The number of nitrogens with zero attached hydrogens (tertiary/aromatic N) is 3. The average molecular weight is 415 g/mol. The Bertz CT molecular complexity index is 1030. The van der Waals surface area contributed by atoms with Crippen LogP contribution in [0.5, 0.6) is 0 Å². The van der Waals surface area contributed by atoms with E-state index >= 15 is 0 Å². The first-order valence-corrected chi connectivity index (χ1v) is 10.7. The third-order valence-corrected chi connectivity index (χ3v) is 5.45. The molecule has 6 heteroatoms. The summed E-state index contributed by atoms with van der Waals surface area (Å²) in [7, 11) is 0. The van der Waals surface area contributed by atoms with Gasteiger partial charge in [-0.1, -0.05) is 103 Å². The van der Waals surface area contributed by atoms with Crippen molar-refractivity contribution in [3.63, 3.8) is 0 Å². The third kappa shape index (κ3) is 5.36. The van der Waals surface area contributed by atoms with Gasteiger partial charge in [0.25, 0.3) is 0 Å². The van der Waals surface area contributed by atoms with Crippen LogP contribution in [0.3, 0.4) is 0 Å². The van der Waals surface area contributed by atoms with Gasteiger partial charge in [0.1, 0.15) is 0 Å². The number of carbonyl (C=O) groups is 1. The molecule has 0 saturated carbocycles. The van der Waals surface area contributed by atoms with Crippen LogP contribution in [0.15, 0.2) is 96.2 Å². The van der Waals surface area contributed by atoms with E-state index in [9.17, 15) is 4.79 Å². The summed E-state index contributed by atoms with van der Waals surface area (Å²) in [6, 6.07) is 29.9. The van der Waals surface area contributed by atoms with Gasteiger partial charge in [0.15, 0.2) is 5.82 Å². The summed E-state index contributed by atoms with van der Waals surface area (Å²) in [5.41, 5.74) is 3.19. The topological polar surface area (TPSA) is 61.9 Å². The fraction of sp³-hybridized carbons (Fsp3) is 0.125. The minimum Gasteiger partial charge on any atom is -0.333 e. The molecule has 0 fully saturated rings. The van der Waals surface area contributed by atoms with Crippen LogP contribution < -0.4 is 0 Å².